The van der Waals surface area contributed by atoms with Crippen molar-refractivity contribution in [2.75, 3.05) is 30.3 Å². The van der Waals surface area contributed by atoms with Crippen molar-refractivity contribution in [2.24, 2.45) is 5.92 Å². The zero-order valence-electron chi connectivity index (χ0n) is 22.6. The summed E-state index contributed by atoms with van der Waals surface area (Å²) in [7, 11) is 0. The Morgan fingerprint density at radius 2 is 2.02 bits per heavy atom. The van der Waals surface area contributed by atoms with Gasteiger partial charge < -0.3 is 16.0 Å². The smallest absolute Gasteiger partial charge is 0.166 e. The first-order valence-electron chi connectivity index (χ1n) is 13.4. The zero-order chi connectivity index (χ0) is 28.6. The van der Waals surface area contributed by atoms with E-state index < -0.39 is 5.82 Å². The molecule has 0 amide bonds. The van der Waals surface area contributed by atoms with Crippen LogP contribution in [0.15, 0.2) is 36.7 Å². The first-order chi connectivity index (χ1) is 19.1. The Morgan fingerprint density at radius 1 is 1.27 bits per heavy atom. The molecule has 1 atom stereocenters. The fraction of sp³-hybridized carbons (Fsp3) is 0.400. The molecule has 10 heteroatoms. The van der Waals surface area contributed by atoms with Gasteiger partial charge in [0.2, 0.25) is 0 Å². The van der Waals surface area contributed by atoms with Crippen molar-refractivity contribution in [3.63, 3.8) is 0 Å². The molecule has 3 aromatic rings. The molecule has 1 aliphatic carbocycles. The summed E-state index contributed by atoms with van der Waals surface area (Å²) in [6.45, 7) is 5.81. The number of benzene rings is 1. The van der Waals surface area contributed by atoms with Crippen LogP contribution >= 0.6 is 23.2 Å². The lowest BCUT2D eigenvalue weighted by atomic mass is 9.86. The van der Waals surface area contributed by atoms with Crippen LogP contribution < -0.4 is 16.0 Å². The lowest BCUT2D eigenvalue weighted by Gasteiger charge is -2.50. The molecule has 2 fully saturated rings. The van der Waals surface area contributed by atoms with Gasteiger partial charge in [-0.05, 0) is 73.9 Å². The van der Waals surface area contributed by atoms with Crippen molar-refractivity contribution in [2.45, 2.75) is 51.0 Å². The summed E-state index contributed by atoms with van der Waals surface area (Å²) in [4.78, 5) is 10.4. The molecule has 40 heavy (non-hydrogen) atoms. The minimum Gasteiger partial charge on any atom is -0.398 e. The molecule has 1 aromatic carbocycles. The van der Waals surface area contributed by atoms with E-state index in [-0.39, 0.29) is 23.0 Å². The second-order valence-electron chi connectivity index (χ2n) is 11.1. The Kier molecular flexibility index (Phi) is 8.01. The SMILES string of the molecule is Cc1ncc(Cl)c([C@@H](C)Cc2ccc(N)c(C(=N)c3cnc(N4CC(CC#N)(NCC5CC5)C4)c(F)c3)c2)c1Cl. The van der Waals surface area contributed by atoms with Gasteiger partial charge in [0.15, 0.2) is 11.6 Å². The largest absolute Gasteiger partial charge is 0.398 e. The highest BCUT2D eigenvalue weighted by Gasteiger charge is 2.45. The van der Waals surface area contributed by atoms with Gasteiger partial charge in [-0.25, -0.2) is 9.37 Å². The fourth-order valence-corrected chi connectivity index (χ4v) is 6.06. The fourth-order valence-electron chi connectivity index (χ4n) is 5.34. The van der Waals surface area contributed by atoms with Crippen LogP contribution in [-0.2, 0) is 6.42 Å². The number of nitriles is 1. The Bertz CT molecular complexity index is 1490. The molecule has 0 unspecified atom stereocenters. The van der Waals surface area contributed by atoms with Crippen molar-refractivity contribution in [3.8, 4) is 6.07 Å². The summed E-state index contributed by atoms with van der Waals surface area (Å²) in [5.74, 6) is 0.412. The predicted molar refractivity (Wildman–Crippen MR) is 158 cm³/mol. The number of hydrogen-bond acceptors (Lipinski definition) is 7. The standard InChI is InChI=1S/C30H32Cl2FN7/c1-17(26-23(31)14-37-18(2)27(26)32)9-20-5-6-25(35)22(10-20)28(36)21-11-24(33)29(38-13-21)40-15-30(16-40,7-8-34)39-12-19-3-4-19/h5-6,10-11,13-14,17,19,36,39H,3-4,7,9,12,15-16,35H2,1-2H3/t17-/m0/s1. The number of nitrogens with one attached hydrogen (secondary N) is 2. The van der Waals surface area contributed by atoms with Gasteiger partial charge in [-0.1, -0.05) is 36.2 Å². The molecule has 208 valence electrons. The molecule has 2 aromatic heterocycles. The van der Waals surface area contributed by atoms with Gasteiger partial charge >= 0.3 is 0 Å². The lowest BCUT2D eigenvalue weighted by Crippen LogP contribution is -2.69. The number of aryl methyl sites for hydroxylation is 1. The van der Waals surface area contributed by atoms with E-state index in [1.165, 1.54) is 25.1 Å². The normalized spacial score (nSPS) is 16.8. The van der Waals surface area contributed by atoms with Crippen molar-refractivity contribution in [1.29, 1.82) is 10.7 Å². The number of nitrogens with zero attached hydrogens (tertiary/aromatic N) is 4. The zero-order valence-corrected chi connectivity index (χ0v) is 24.1. The van der Waals surface area contributed by atoms with Crippen LogP contribution in [0.2, 0.25) is 10.0 Å². The van der Waals surface area contributed by atoms with Crippen LogP contribution in [-0.4, -0.2) is 40.9 Å². The summed E-state index contributed by atoms with van der Waals surface area (Å²) < 4.78 is 15.3. The molecular weight excluding hydrogens is 548 g/mol. The summed E-state index contributed by atoms with van der Waals surface area (Å²) in [5, 5.41) is 22.7. The second kappa shape index (κ2) is 11.3. The van der Waals surface area contributed by atoms with Gasteiger partial charge in [0.05, 0.1) is 39.5 Å². The molecule has 1 aliphatic heterocycles. The van der Waals surface area contributed by atoms with E-state index in [9.17, 15) is 5.26 Å². The van der Waals surface area contributed by atoms with E-state index in [0.717, 1.165) is 17.7 Å². The van der Waals surface area contributed by atoms with E-state index in [0.29, 0.717) is 64.4 Å². The van der Waals surface area contributed by atoms with Crippen LogP contribution in [0.25, 0.3) is 0 Å². The first kappa shape index (κ1) is 28.3. The molecule has 0 radical (unpaired) electrons. The van der Waals surface area contributed by atoms with Gasteiger partial charge in [-0.3, -0.25) is 10.4 Å². The van der Waals surface area contributed by atoms with Crippen molar-refractivity contribution in [3.05, 3.63) is 80.5 Å². The molecule has 3 heterocycles. The van der Waals surface area contributed by atoms with E-state index in [2.05, 4.69) is 21.4 Å². The number of nitrogen functional groups attached to an aromatic ring is 1. The molecular formula is C30H32Cl2FN7. The molecule has 7 nitrogen and oxygen atoms in total. The van der Waals surface area contributed by atoms with Gasteiger partial charge in [0.25, 0.3) is 0 Å². The van der Waals surface area contributed by atoms with E-state index in [4.69, 9.17) is 34.3 Å². The third-order valence-corrected chi connectivity index (χ3v) is 8.66. The predicted octanol–water partition coefficient (Wildman–Crippen LogP) is 6.05. The highest BCUT2D eigenvalue weighted by atomic mass is 35.5. The quantitative estimate of drug-likeness (QED) is 0.199. The average molecular weight is 581 g/mol. The van der Waals surface area contributed by atoms with Crippen LogP contribution in [0.3, 0.4) is 0 Å². The summed E-state index contributed by atoms with van der Waals surface area (Å²) in [6, 6.07) is 9.12. The Hall–Kier alpha value is -3.25. The number of halogens is 3. The molecule has 2 aliphatic rings. The van der Waals surface area contributed by atoms with E-state index in [1.807, 2.05) is 30.9 Å². The number of pyridine rings is 2. The number of rotatable bonds is 10. The maximum absolute atomic E-state index is 15.3. The average Bonchev–Trinajstić information content (AvgIpc) is 3.73. The molecule has 4 N–H and O–H groups in total. The Balaban J connectivity index is 1.31. The minimum absolute atomic E-state index is 0.00537. The molecule has 1 saturated carbocycles. The summed E-state index contributed by atoms with van der Waals surface area (Å²) in [5.41, 5.74) is 9.77. The van der Waals surface area contributed by atoms with Gasteiger partial charge in [0, 0.05) is 42.3 Å². The van der Waals surface area contributed by atoms with Crippen molar-refractivity contribution in [1.82, 2.24) is 15.3 Å². The van der Waals surface area contributed by atoms with Gasteiger partial charge in [-0.2, -0.15) is 5.26 Å². The third-order valence-electron chi connectivity index (χ3n) is 7.88. The van der Waals surface area contributed by atoms with E-state index in [1.54, 1.807) is 12.3 Å². The van der Waals surface area contributed by atoms with Crippen LogP contribution in [0.5, 0.6) is 0 Å². The van der Waals surface area contributed by atoms with Crippen LogP contribution in [0.1, 0.15) is 60.1 Å². The van der Waals surface area contributed by atoms with Gasteiger partial charge in [-0.15, -0.1) is 0 Å². The number of hydrogen-bond donors (Lipinski definition) is 3. The number of anilines is 2. The monoisotopic (exact) mass is 579 g/mol. The Morgan fingerprint density at radius 3 is 2.70 bits per heavy atom. The summed E-state index contributed by atoms with van der Waals surface area (Å²) >= 11 is 12.9. The van der Waals surface area contributed by atoms with Gasteiger partial charge in [0.1, 0.15) is 0 Å². The lowest BCUT2D eigenvalue weighted by molar-refractivity contribution is 0.254. The molecule has 1 saturated heterocycles. The number of nitrogens with two attached hydrogens (primary N) is 1. The second-order valence-corrected chi connectivity index (χ2v) is 11.9. The highest BCUT2D eigenvalue weighted by Crippen LogP contribution is 2.36. The number of aromatic nitrogens is 2. The Labute approximate surface area is 244 Å². The molecule has 5 rings (SSSR count). The van der Waals surface area contributed by atoms with Crippen molar-refractivity contribution >= 4 is 40.4 Å². The van der Waals surface area contributed by atoms with E-state index >= 15 is 4.39 Å². The summed E-state index contributed by atoms with van der Waals surface area (Å²) in [6.07, 6.45) is 6.55. The minimum atomic E-state index is -0.504. The van der Waals surface area contributed by atoms with Crippen LogP contribution in [0, 0.1) is 35.4 Å². The first-order valence-corrected chi connectivity index (χ1v) is 14.2. The third kappa shape index (κ3) is 5.78. The molecule has 0 spiro atoms. The maximum Gasteiger partial charge on any atom is 0.166 e. The maximum atomic E-state index is 15.3. The van der Waals surface area contributed by atoms with Crippen molar-refractivity contribution < 1.29 is 4.39 Å². The van der Waals surface area contributed by atoms with Crippen LogP contribution in [0.4, 0.5) is 15.9 Å². The highest BCUT2D eigenvalue weighted by molar-refractivity contribution is 6.36. The topological polar surface area (TPSA) is 115 Å². The molecule has 0 bridgehead atoms.